The molecule has 0 spiro atoms. The number of thiocarbonyl (C=S) groups is 1. The number of piperidine rings is 2. The molecule has 0 aliphatic carbocycles. The van der Waals surface area contributed by atoms with Crippen molar-refractivity contribution >= 4 is 105 Å². The van der Waals surface area contributed by atoms with Gasteiger partial charge in [-0.15, -0.1) is 9.24 Å². The first kappa shape index (κ1) is 52.6. The number of nitrogen functional groups attached to an aromatic ring is 1. The number of alkyl halides is 1. The van der Waals surface area contributed by atoms with Gasteiger partial charge in [-0.3, -0.25) is 19.4 Å². The Bertz CT molecular complexity index is 2370. The van der Waals surface area contributed by atoms with Gasteiger partial charge in [0.25, 0.3) is 0 Å². The van der Waals surface area contributed by atoms with Crippen LogP contribution in [0, 0.1) is 13.8 Å². The molecular formula is C49H62BrN8O4PS3. The van der Waals surface area contributed by atoms with Crippen LogP contribution < -0.4 is 31.6 Å². The Morgan fingerprint density at radius 1 is 0.864 bits per heavy atom. The van der Waals surface area contributed by atoms with E-state index in [1.165, 1.54) is 42.5 Å². The number of ether oxygens (including phenoxy) is 2. The summed E-state index contributed by atoms with van der Waals surface area (Å²) in [5.41, 5.74) is 17.9. The number of anilines is 4. The second-order valence-corrected chi connectivity index (χ2v) is 19.8. The summed E-state index contributed by atoms with van der Waals surface area (Å²) >= 11 is 11.0. The maximum absolute atomic E-state index is 12.8. The highest BCUT2D eigenvalue weighted by molar-refractivity contribution is 9.09. The SMILES string of the molecule is CCN1CCCC(Oc2ccc(NC(=S)N=C(N)SCP)cc2)C1.CCN1CCCC(Oc2ccc(Nc3nc(N)c(C(=O)c4cccc(C)c4)s3)cc2)C1.Cc1cccc(C(=O)CBr)c1. The first-order chi connectivity index (χ1) is 31.8. The molecule has 6 N–H and O–H groups in total. The minimum absolute atomic E-state index is 0.107. The summed E-state index contributed by atoms with van der Waals surface area (Å²) in [5.74, 6) is 2.02. The number of thioether (sulfide) groups is 1. The maximum atomic E-state index is 12.8. The Kier molecular flexibility index (Phi) is 21.8. The largest absolute Gasteiger partial charge is 0.489 e. The van der Waals surface area contributed by atoms with Gasteiger partial charge in [-0.05, 0) is 139 Å². The average molecular weight is 1030 g/mol. The maximum Gasteiger partial charge on any atom is 0.206 e. The van der Waals surface area contributed by atoms with Gasteiger partial charge in [-0.1, -0.05) is 100 Å². The van der Waals surface area contributed by atoms with Crippen LogP contribution in [0.25, 0.3) is 0 Å². The van der Waals surface area contributed by atoms with Crippen molar-refractivity contribution in [3.05, 3.63) is 124 Å². The number of nitrogens with two attached hydrogens (primary N) is 2. The number of aryl methyl sites for hydroxylation is 2. The van der Waals surface area contributed by atoms with Crippen molar-refractivity contribution in [3.8, 4) is 11.5 Å². The van der Waals surface area contributed by atoms with Gasteiger partial charge in [0, 0.05) is 41.1 Å². The lowest BCUT2D eigenvalue weighted by Gasteiger charge is -2.32. The number of hydrogen-bond donors (Lipinski definition) is 4. The number of rotatable bonds is 14. The highest BCUT2D eigenvalue weighted by atomic mass is 79.9. The number of halogens is 1. The number of nitrogens with zero attached hydrogens (tertiary/aromatic N) is 4. The number of aliphatic imine (C=N–C) groups is 1. The topological polar surface area (TPSA) is 160 Å². The monoisotopic (exact) mass is 1030 g/mol. The van der Waals surface area contributed by atoms with Crippen LogP contribution in [0.3, 0.4) is 0 Å². The fraction of sp³-hybridized carbons (Fsp3) is 0.367. The minimum atomic E-state index is -0.107. The number of amidine groups is 1. The van der Waals surface area contributed by atoms with Crippen molar-refractivity contribution < 1.29 is 19.1 Å². The molecule has 2 aliphatic heterocycles. The van der Waals surface area contributed by atoms with Crippen molar-refractivity contribution in [1.29, 1.82) is 0 Å². The lowest BCUT2D eigenvalue weighted by molar-refractivity contribution is 0.0919. The molecule has 5 aromatic rings. The number of thiazole rings is 1. The number of carbonyl (C=O) groups excluding carboxylic acids is 2. The third-order valence-corrected chi connectivity index (χ3v) is 13.4. The summed E-state index contributed by atoms with van der Waals surface area (Å²) in [7, 11) is 2.58. The lowest BCUT2D eigenvalue weighted by atomic mass is 10.1. The molecule has 1 aromatic heterocycles. The normalized spacial score (nSPS) is 16.4. The molecule has 4 aromatic carbocycles. The molecule has 7 rings (SSSR count). The summed E-state index contributed by atoms with van der Waals surface area (Å²) in [6.07, 6.45) is 5.08. The number of Topliss-reactive ketones (excluding diaryl/α,β-unsaturated/α-hetero) is 1. The molecule has 2 aliphatic rings. The first-order valence-corrected chi connectivity index (χ1v) is 26.3. The van der Waals surface area contributed by atoms with E-state index in [4.69, 9.17) is 33.2 Å². The van der Waals surface area contributed by atoms with Crippen LogP contribution in [0.5, 0.6) is 11.5 Å². The fourth-order valence-corrected chi connectivity index (χ4v) is 9.57. The molecule has 352 valence electrons. The zero-order chi connectivity index (χ0) is 47.4. The van der Waals surface area contributed by atoms with E-state index < -0.39 is 0 Å². The molecular weight excluding hydrogens is 972 g/mol. The standard InChI is InChI=1S/C24H28N4O2S.C16H25N4OPS2.C9H9BrO/c1-3-28-13-5-8-20(15-28)30-19-11-9-18(10-12-19)26-24-27-23(25)22(31-24)21(29)17-7-4-6-16(2)14-17;1-2-20-9-3-4-14(10-20)21-13-7-5-12(6-8-13)18-16(23)19-15(17)24-11-22;1-7-3-2-4-8(5-7)9(11)6-10/h4,6-7,9-12,14,20H,3,5,8,13,15,25H2,1-2H3,(H,26,27);5-8,14H,2-4,9-11,22H2,1H3,(H3,17,18,19,23);2-5H,6H2,1H3. The van der Waals surface area contributed by atoms with E-state index >= 15 is 0 Å². The van der Waals surface area contributed by atoms with Crippen LogP contribution in [0.1, 0.15) is 76.3 Å². The number of benzene rings is 4. The summed E-state index contributed by atoms with van der Waals surface area (Å²) in [6, 6.07) is 30.7. The number of aromatic nitrogens is 1. The van der Waals surface area contributed by atoms with Crippen LogP contribution in [-0.2, 0) is 0 Å². The molecule has 12 nitrogen and oxygen atoms in total. The van der Waals surface area contributed by atoms with Crippen LogP contribution in [0.2, 0.25) is 0 Å². The van der Waals surface area contributed by atoms with Gasteiger partial charge in [0.15, 0.2) is 21.2 Å². The summed E-state index contributed by atoms with van der Waals surface area (Å²) in [6.45, 7) is 14.8. The highest BCUT2D eigenvalue weighted by Crippen LogP contribution is 2.31. The van der Waals surface area contributed by atoms with E-state index in [2.05, 4.69) is 69.4 Å². The highest BCUT2D eigenvalue weighted by Gasteiger charge is 2.22. The summed E-state index contributed by atoms with van der Waals surface area (Å²) in [4.78, 5) is 37.7. The van der Waals surface area contributed by atoms with Gasteiger partial charge in [0.2, 0.25) is 5.78 Å². The van der Waals surface area contributed by atoms with Crippen LogP contribution in [0.4, 0.5) is 22.3 Å². The third-order valence-electron chi connectivity index (χ3n) is 10.7. The van der Waals surface area contributed by atoms with Crippen molar-refractivity contribution in [2.75, 3.05) is 66.5 Å². The molecule has 2 fully saturated rings. The lowest BCUT2D eigenvalue weighted by Crippen LogP contribution is -2.40. The zero-order valence-electron chi connectivity index (χ0n) is 38.1. The molecule has 2 saturated heterocycles. The van der Waals surface area contributed by atoms with Gasteiger partial charge in [0.05, 0.1) is 5.33 Å². The molecule has 3 atom stereocenters. The molecule has 0 bridgehead atoms. The predicted octanol–water partition coefficient (Wildman–Crippen LogP) is 10.6. The number of likely N-dealkylation sites (N-methyl/N-ethyl adjacent to an activating group) is 2. The second-order valence-electron chi connectivity index (χ2n) is 15.8. The minimum Gasteiger partial charge on any atom is -0.489 e. The van der Waals surface area contributed by atoms with Gasteiger partial charge in [-0.2, -0.15) is 4.99 Å². The second kappa shape index (κ2) is 27.4. The molecule has 17 heteroatoms. The molecule has 0 saturated carbocycles. The van der Waals surface area contributed by atoms with Crippen LogP contribution in [-0.4, -0.2) is 98.9 Å². The number of hydrogen-bond acceptors (Lipinski definition) is 12. The van der Waals surface area contributed by atoms with Gasteiger partial charge in [-0.25, -0.2) is 4.98 Å². The average Bonchev–Trinajstić information content (AvgIpc) is 3.69. The van der Waals surface area contributed by atoms with E-state index in [0.29, 0.717) is 31.2 Å². The quantitative estimate of drug-likeness (QED) is 0.0208. The molecule has 3 unspecified atom stereocenters. The summed E-state index contributed by atoms with van der Waals surface area (Å²) in [5, 5.41) is 8.11. The number of likely N-dealkylation sites (tertiary alicyclic amines) is 2. The Morgan fingerprint density at radius 2 is 1.39 bits per heavy atom. The smallest absolute Gasteiger partial charge is 0.206 e. The van der Waals surface area contributed by atoms with E-state index in [1.807, 2.05) is 105 Å². The first-order valence-electron chi connectivity index (χ1n) is 22.1. The van der Waals surface area contributed by atoms with Crippen molar-refractivity contribution in [1.82, 2.24) is 14.8 Å². The van der Waals surface area contributed by atoms with Crippen molar-refractivity contribution in [2.45, 2.75) is 65.6 Å². The predicted molar refractivity (Wildman–Crippen MR) is 288 cm³/mol. The number of nitrogens with one attached hydrogen (secondary N) is 2. The molecule has 66 heavy (non-hydrogen) atoms. The van der Waals surface area contributed by atoms with Crippen LogP contribution in [0.15, 0.2) is 102 Å². The molecule has 3 heterocycles. The van der Waals surface area contributed by atoms with Gasteiger partial charge >= 0.3 is 0 Å². The Labute approximate surface area is 414 Å². The Morgan fingerprint density at radius 3 is 1.91 bits per heavy atom. The van der Waals surface area contributed by atoms with Gasteiger partial charge in [0.1, 0.15) is 34.4 Å². The fourth-order valence-electron chi connectivity index (χ4n) is 7.27. The van der Waals surface area contributed by atoms with E-state index in [1.54, 1.807) is 6.07 Å². The van der Waals surface area contributed by atoms with Crippen molar-refractivity contribution in [2.24, 2.45) is 10.7 Å². The molecule has 0 radical (unpaired) electrons. The van der Waals surface area contributed by atoms with E-state index in [-0.39, 0.29) is 29.6 Å². The Balaban J connectivity index is 0.000000206. The molecule has 0 amide bonds. The third kappa shape index (κ3) is 17.3. The number of ketones is 2. The Hall–Kier alpha value is -4.41. The van der Waals surface area contributed by atoms with E-state index in [9.17, 15) is 9.59 Å². The number of carbonyl (C=O) groups is 2. The van der Waals surface area contributed by atoms with Crippen molar-refractivity contribution in [3.63, 3.8) is 0 Å². The van der Waals surface area contributed by atoms with E-state index in [0.717, 1.165) is 90.6 Å². The van der Waals surface area contributed by atoms with Crippen LogP contribution >= 0.6 is 60.5 Å². The zero-order valence-corrected chi connectivity index (χ0v) is 43.3. The summed E-state index contributed by atoms with van der Waals surface area (Å²) < 4.78 is 12.2. The van der Waals surface area contributed by atoms with Gasteiger partial charge < -0.3 is 31.6 Å².